The number of methoxy groups -OCH3 is 1. The highest BCUT2D eigenvalue weighted by atomic mass is 16.5. The van der Waals surface area contributed by atoms with Crippen LogP contribution in [0, 0.1) is 23.7 Å². The zero-order valence-electron chi connectivity index (χ0n) is 10.3. The third kappa shape index (κ3) is 3.45. The first-order valence-electron chi connectivity index (χ1n) is 5.98. The van der Waals surface area contributed by atoms with Gasteiger partial charge in [0.15, 0.2) is 0 Å². The van der Waals surface area contributed by atoms with E-state index >= 15 is 0 Å². The first-order valence-corrected chi connectivity index (χ1v) is 5.98. The molecular weight excluding hydrogens is 216 g/mol. The van der Waals surface area contributed by atoms with Crippen molar-refractivity contribution in [3.8, 4) is 0 Å². The lowest BCUT2D eigenvalue weighted by Gasteiger charge is -2.20. The van der Waals surface area contributed by atoms with Crippen LogP contribution in [0.5, 0.6) is 0 Å². The first-order chi connectivity index (χ1) is 8.28. The van der Waals surface area contributed by atoms with Crippen LogP contribution in [0.3, 0.4) is 0 Å². The molecule has 0 radical (unpaired) electrons. The fourth-order valence-corrected chi connectivity index (χ4v) is 2.66. The van der Waals surface area contributed by atoms with Gasteiger partial charge in [-0.1, -0.05) is 18.2 Å². The van der Waals surface area contributed by atoms with E-state index in [2.05, 4.69) is 12.7 Å². The molecule has 4 atom stereocenters. The first kappa shape index (κ1) is 14.0. The Bertz CT molecular complexity index is 283. The second-order valence-electron chi connectivity index (χ2n) is 4.44. The van der Waals surface area contributed by atoms with E-state index in [-0.39, 0.29) is 25.0 Å². The highest BCUT2D eigenvalue weighted by molar-refractivity contribution is 5.09. The van der Waals surface area contributed by atoms with Crippen molar-refractivity contribution in [3.63, 3.8) is 0 Å². The van der Waals surface area contributed by atoms with Gasteiger partial charge in [-0.05, 0) is 36.2 Å². The Hall–Kier alpha value is -1.06. The number of allylic oxidation sites excluding steroid dienone is 4. The van der Waals surface area contributed by atoms with Crippen molar-refractivity contribution in [3.05, 3.63) is 37.1 Å². The molecule has 3 heteroatoms. The monoisotopic (exact) mass is 238 g/mol. The Labute approximate surface area is 103 Å². The van der Waals surface area contributed by atoms with Crippen LogP contribution < -0.4 is 0 Å². The van der Waals surface area contributed by atoms with Gasteiger partial charge in [0.2, 0.25) is 0 Å². The van der Waals surface area contributed by atoms with Crippen molar-refractivity contribution in [2.45, 2.75) is 6.42 Å². The molecule has 1 aliphatic rings. The minimum absolute atomic E-state index is 0.110. The summed E-state index contributed by atoms with van der Waals surface area (Å²) in [5.41, 5.74) is 0. The van der Waals surface area contributed by atoms with Gasteiger partial charge in [-0.2, -0.15) is 0 Å². The lowest BCUT2D eigenvalue weighted by Crippen LogP contribution is -2.23. The minimum Gasteiger partial charge on any atom is -0.504 e. The Morgan fingerprint density at radius 2 is 1.82 bits per heavy atom. The van der Waals surface area contributed by atoms with E-state index in [9.17, 15) is 10.2 Å². The molecule has 0 aromatic rings. The number of rotatable bonds is 6. The van der Waals surface area contributed by atoms with Crippen LogP contribution in [-0.2, 0) is 4.74 Å². The number of ether oxygens (including phenoxy) is 1. The molecule has 1 aliphatic carbocycles. The molecule has 0 saturated heterocycles. The van der Waals surface area contributed by atoms with Crippen LogP contribution in [0.15, 0.2) is 37.1 Å². The normalized spacial score (nSPS) is 33.6. The third-order valence-electron chi connectivity index (χ3n) is 3.60. The van der Waals surface area contributed by atoms with Crippen LogP contribution in [0.2, 0.25) is 0 Å². The van der Waals surface area contributed by atoms with Crippen LogP contribution in [0.25, 0.3) is 0 Å². The Balaban J connectivity index is 2.68. The SMILES string of the molecule is C=C[C@@H]1C[C@H](/C=C\C=C\OC)[C@@H](CO)[C@H]1CO. The molecule has 0 heterocycles. The standard InChI is InChI=1S/C14H22O3/c1-3-11-8-12(6-4-5-7-17-2)14(10-16)13(11)9-15/h3-7,11-16H,1,8-10H2,2H3/b6-4-,7-5+/t11-,12+,13+,14-/m1/s1. The van der Waals surface area contributed by atoms with Crippen LogP contribution in [0.1, 0.15) is 6.42 Å². The summed E-state index contributed by atoms with van der Waals surface area (Å²) in [6.07, 6.45) is 10.3. The molecular formula is C14H22O3. The van der Waals surface area contributed by atoms with E-state index in [4.69, 9.17) is 4.74 Å². The Kier molecular flexibility index (Phi) is 6.01. The molecule has 0 bridgehead atoms. The highest BCUT2D eigenvalue weighted by Gasteiger charge is 2.39. The fourth-order valence-electron chi connectivity index (χ4n) is 2.66. The van der Waals surface area contributed by atoms with Crippen molar-refractivity contribution in [1.29, 1.82) is 0 Å². The molecule has 17 heavy (non-hydrogen) atoms. The number of hydrogen-bond acceptors (Lipinski definition) is 3. The lowest BCUT2D eigenvalue weighted by molar-refractivity contribution is 0.117. The van der Waals surface area contributed by atoms with E-state index in [1.165, 1.54) is 0 Å². The molecule has 3 nitrogen and oxygen atoms in total. The van der Waals surface area contributed by atoms with Crippen molar-refractivity contribution in [2.24, 2.45) is 23.7 Å². The molecule has 0 aromatic heterocycles. The van der Waals surface area contributed by atoms with Crippen molar-refractivity contribution in [1.82, 2.24) is 0 Å². The highest BCUT2D eigenvalue weighted by Crippen LogP contribution is 2.42. The van der Waals surface area contributed by atoms with Gasteiger partial charge in [-0.15, -0.1) is 6.58 Å². The van der Waals surface area contributed by atoms with E-state index in [0.29, 0.717) is 11.8 Å². The zero-order chi connectivity index (χ0) is 12.7. The molecule has 0 aliphatic heterocycles. The van der Waals surface area contributed by atoms with Crippen LogP contribution in [0.4, 0.5) is 0 Å². The molecule has 1 rings (SSSR count). The van der Waals surface area contributed by atoms with Gasteiger partial charge in [-0.25, -0.2) is 0 Å². The Morgan fingerprint density at radius 1 is 1.18 bits per heavy atom. The molecule has 0 aromatic carbocycles. The second-order valence-corrected chi connectivity index (χ2v) is 4.44. The van der Waals surface area contributed by atoms with E-state index < -0.39 is 0 Å². The summed E-state index contributed by atoms with van der Waals surface area (Å²) in [5.74, 6) is 0.827. The number of aliphatic hydroxyl groups is 2. The predicted molar refractivity (Wildman–Crippen MR) is 68.2 cm³/mol. The summed E-state index contributed by atoms with van der Waals surface area (Å²) in [6.45, 7) is 4.02. The smallest absolute Gasteiger partial charge is 0.0824 e. The molecule has 1 fully saturated rings. The van der Waals surface area contributed by atoms with Crippen molar-refractivity contribution in [2.75, 3.05) is 20.3 Å². The maximum Gasteiger partial charge on any atom is 0.0824 e. The van der Waals surface area contributed by atoms with E-state index in [1.807, 2.05) is 18.2 Å². The summed E-state index contributed by atoms with van der Waals surface area (Å²) in [7, 11) is 1.60. The summed E-state index contributed by atoms with van der Waals surface area (Å²) in [6, 6.07) is 0. The topological polar surface area (TPSA) is 49.7 Å². The maximum atomic E-state index is 9.43. The molecule has 96 valence electrons. The number of hydrogen-bond donors (Lipinski definition) is 2. The fraction of sp³-hybridized carbons (Fsp3) is 0.571. The predicted octanol–water partition coefficient (Wildman–Crippen LogP) is 1.74. The van der Waals surface area contributed by atoms with Gasteiger partial charge in [0.05, 0.1) is 13.4 Å². The van der Waals surface area contributed by atoms with Crippen molar-refractivity contribution >= 4 is 0 Å². The minimum atomic E-state index is 0.110. The number of aliphatic hydroxyl groups excluding tert-OH is 2. The zero-order valence-corrected chi connectivity index (χ0v) is 10.3. The average Bonchev–Trinajstić information content (AvgIpc) is 2.71. The molecule has 0 spiro atoms. The van der Waals surface area contributed by atoms with Gasteiger partial charge < -0.3 is 14.9 Å². The summed E-state index contributed by atoms with van der Waals surface area (Å²) < 4.78 is 4.81. The lowest BCUT2D eigenvalue weighted by atomic mass is 9.88. The Morgan fingerprint density at radius 3 is 2.35 bits per heavy atom. The van der Waals surface area contributed by atoms with Gasteiger partial charge in [-0.3, -0.25) is 0 Å². The molecule has 2 N–H and O–H groups in total. The average molecular weight is 238 g/mol. The van der Waals surface area contributed by atoms with Crippen molar-refractivity contribution < 1.29 is 14.9 Å². The molecule has 1 saturated carbocycles. The second kappa shape index (κ2) is 7.30. The quantitative estimate of drug-likeness (QED) is 0.421. The van der Waals surface area contributed by atoms with Gasteiger partial charge in [0.25, 0.3) is 0 Å². The molecule has 0 unspecified atom stereocenters. The van der Waals surface area contributed by atoms with E-state index in [0.717, 1.165) is 6.42 Å². The van der Waals surface area contributed by atoms with E-state index in [1.54, 1.807) is 13.4 Å². The van der Waals surface area contributed by atoms with Crippen LogP contribution in [-0.4, -0.2) is 30.5 Å². The third-order valence-corrected chi connectivity index (χ3v) is 3.60. The van der Waals surface area contributed by atoms with Gasteiger partial charge in [0, 0.05) is 13.2 Å². The summed E-state index contributed by atoms with van der Waals surface area (Å²) in [5, 5.41) is 18.8. The largest absolute Gasteiger partial charge is 0.504 e. The van der Waals surface area contributed by atoms with Gasteiger partial charge in [0.1, 0.15) is 0 Å². The molecule has 0 amide bonds. The van der Waals surface area contributed by atoms with Gasteiger partial charge >= 0.3 is 0 Å². The maximum absolute atomic E-state index is 9.43. The van der Waals surface area contributed by atoms with Crippen LogP contribution >= 0.6 is 0 Å². The summed E-state index contributed by atoms with van der Waals surface area (Å²) in [4.78, 5) is 0. The summed E-state index contributed by atoms with van der Waals surface area (Å²) >= 11 is 0.